The first kappa shape index (κ1) is 23.5. The Morgan fingerprint density at radius 2 is 2.14 bits per heavy atom. The van der Waals surface area contributed by atoms with Crippen molar-refractivity contribution < 1.29 is 27.8 Å². The summed E-state index contributed by atoms with van der Waals surface area (Å²) in [5.74, 6) is -0.0124. The molecule has 188 valence electrons. The molecule has 2 fully saturated rings. The number of ketones is 1. The minimum absolute atomic E-state index is 0.0172. The molecule has 5 rings (SSSR count). The van der Waals surface area contributed by atoms with Gasteiger partial charge in [-0.3, -0.25) is 14.2 Å². The van der Waals surface area contributed by atoms with E-state index in [0.717, 1.165) is 11.3 Å². The Morgan fingerprint density at radius 1 is 1.31 bits per heavy atom. The first-order valence-electron chi connectivity index (χ1n) is 11.4. The first-order chi connectivity index (χ1) is 16.7. The van der Waals surface area contributed by atoms with Crippen molar-refractivity contribution in [2.24, 2.45) is 0 Å². The van der Waals surface area contributed by atoms with Gasteiger partial charge in [-0.05, 0) is 25.0 Å². The van der Waals surface area contributed by atoms with Gasteiger partial charge in [0.25, 0.3) is 5.56 Å². The minimum Gasteiger partial charge on any atom is -0.395 e. The number of morpholine rings is 1. The summed E-state index contributed by atoms with van der Waals surface area (Å²) in [5, 5.41) is 11.7. The number of alkyl halides is 3. The third kappa shape index (κ3) is 4.57. The molecule has 0 aliphatic carbocycles. The summed E-state index contributed by atoms with van der Waals surface area (Å²) >= 11 is 0. The summed E-state index contributed by atoms with van der Waals surface area (Å²) in [5.41, 5.74) is -0.321. The number of aromatic nitrogens is 3. The predicted molar refractivity (Wildman–Crippen MR) is 120 cm³/mol. The number of carbonyl (C=O) groups is 1. The van der Waals surface area contributed by atoms with Gasteiger partial charge in [-0.1, -0.05) is 0 Å². The van der Waals surface area contributed by atoms with Gasteiger partial charge in [0.1, 0.15) is 17.7 Å². The number of pyridine rings is 1. The number of nitrogens with one attached hydrogen (secondary N) is 1. The zero-order valence-corrected chi connectivity index (χ0v) is 18.7. The van der Waals surface area contributed by atoms with Crippen LogP contribution in [0.15, 0.2) is 29.2 Å². The SMILES string of the molecule is O=C(CN1c2nc(N3C[C@@H]4C[C@H]3CO4)cc(=O)n2CC[C@H]1C(F)(F)F)c1ccc(NCCO)nc1. The fraction of sp³-hybridized carbons (Fsp3) is 0.545. The van der Waals surface area contributed by atoms with Crippen molar-refractivity contribution in [1.29, 1.82) is 0 Å². The summed E-state index contributed by atoms with van der Waals surface area (Å²) in [6.45, 7) is 0.415. The smallest absolute Gasteiger partial charge is 0.395 e. The van der Waals surface area contributed by atoms with Gasteiger partial charge in [-0.2, -0.15) is 18.2 Å². The Labute approximate surface area is 198 Å². The average molecular weight is 494 g/mol. The number of anilines is 3. The maximum atomic E-state index is 14.0. The van der Waals surface area contributed by atoms with Crippen LogP contribution in [-0.4, -0.2) is 82.6 Å². The quantitative estimate of drug-likeness (QED) is 0.546. The molecule has 2 aromatic heterocycles. The molecule has 3 atom stereocenters. The minimum atomic E-state index is -4.61. The fourth-order valence-corrected chi connectivity index (χ4v) is 4.90. The Balaban J connectivity index is 1.46. The van der Waals surface area contributed by atoms with Crippen LogP contribution in [-0.2, 0) is 11.3 Å². The van der Waals surface area contributed by atoms with E-state index in [-0.39, 0.29) is 49.8 Å². The molecule has 0 aromatic carbocycles. The average Bonchev–Trinajstić information content (AvgIpc) is 3.46. The Bertz CT molecular complexity index is 1160. The van der Waals surface area contributed by atoms with Gasteiger partial charge in [-0.15, -0.1) is 0 Å². The fourth-order valence-electron chi connectivity index (χ4n) is 4.90. The van der Waals surface area contributed by atoms with E-state index in [0.29, 0.717) is 24.8 Å². The van der Waals surface area contributed by atoms with Crippen LogP contribution < -0.4 is 20.7 Å². The second-order valence-corrected chi connectivity index (χ2v) is 8.88. The van der Waals surface area contributed by atoms with Crippen LogP contribution in [0, 0.1) is 0 Å². The number of Topliss-reactive ketones (excluding diaryl/α,β-unsaturated/α-hetero) is 1. The number of carbonyl (C=O) groups excluding carboxylic acids is 1. The summed E-state index contributed by atoms with van der Waals surface area (Å²) in [6.07, 6.45) is -2.91. The molecular formula is C22H25F3N6O4. The number of aliphatic hydroxyl groups excluding tert-OH is 1. The van der Waals surface area contributed by atoms with E-state index in [1.54, 1.807) is 0 Å². The number of nitrogens with zero attached hydrogens (tertiary/aromatic N) is 5. The topological polar surface area (TPSA) is 113 Å². The molecule has 3 aliphatic heterocycles. The molecule has 0 unspecified atom stereocenters. The lowest BCUT2D eigenvalue weighted by atomic mass is 10.1. The molecule has 0 radical (unpaired) electrons. The van der Waals surface area contributed by atoms with Crippen LogP contribution >= 0.6 is 0 Å². The molecular weight excluding hydrogens is 469 g/mol. The van der Waals surface area contributed by atoms with Crippen molar-refractivity contribution in [1.82, 2.24) is 14.5 Å². The van der Waals surface area contributed by atoms with Gasteiger partial charge in [0, 0.05) is 37.5 Å². The molecule has 2 bridgehead atoms. The lowest BCUT2D eigenvalue weighted by Crippen LogP contribution is -2.54. The number of hydrogen-bond donors (Lipinski definition) is 2. The van der Waals surface area contributed by atoms with Crippen LogP contribution in [0.5, 0.6) is 0 Å². The lowest BCUT2D eigenvalue weighted by Gasteiger charge is -2.39. The van der Waals surface area contributed by atoms with Gasteiger partial charge < -0.3 is 25.0 Å². The summed E-state index contributed by atoms with van der Waals surface area (Å²) in [6, 6.07) is 2.39. The van der Waals surface area contributed by atoms with Crippen LogP contribution in [0.4, 0.5) is 30.8 Å². The lowest BCUT2D eigenvalue weighted by molar-refractivity contribution is -0.152. The predicted octanol–water partition coefficient (Wildman–Crippen LogP) is 1.04. The van der Waals surface area contributed by atoms with E-state index < -0.39 is 30.1 Å². The van der Waals surface area contributed by atoms with E-state index in [1.807, 2.05) is 4.90 Å². The number of rotatable bonds is 7. The highest BCUT2D eigenvalue weighted by atomic mass is 19.4. The molecule has 10 nitrogen and oxygen atoms in total. The highest BCUT2D eigenvalue weighted by Gasteiger charge is 2.48. The largest absolute Gasteiger partial charge is 0.408 e. The zero-order chi connectivity index (χ0) is 24.7. The van der Waals surface area contributed by atoms with E-state index in [4.69, 9.17) is 9.84 Å². The van der Waals surface area contributed by atoms with Gasteiger partial charge in [0.2, 0.25) is 5.95 Å². The van der Waals surface area contributed by atoms with Crippen LogP contribution in [0.25, 0.3) is 0 Å². The normalized spacial score (nSPS) is 23.5. The molecule has 35 heavy (non-hydrogen) atoms. The molecule has 0 saturated carbocycles. The summed E-state index contributed by atoms with van der Waals surface area (Å²) in [7, 11) is 0. The molecule has 2 aromatic rings. The van der Waals surface area contributed by atoms with E-state index in [1.165, 1.54) is 29.0 Å². The van der Waals surface area contributed by atoms with Crippen LogP contribution in [0.3, 0.4) is 0 Å². The van der Waals surface area contributed by atoms with Crippen molar-refractivity contribution in [2.75, 3.05) is 48.0 Å². The molecule has 5 heterocycles. The summed E-state index contributed by atoms with van der Waals surface area (Å²) < 4.78 is 48.8. The monoisotopic (exact) mass is 494 g/mol. The van der Waals surface area contributed by atoms with E-state index >= 15 is 0 Å². The number of aliphatic hydroxyl groups is 1. The third-order valence-corrected chi connectivity index (χ3v) is 6.62. The number of ether oxygens (including phenoxy) is 1. The van der Waals surface area contributed by atoms with Crippen molar-refractivity contribution in [3.8, 4) is 0 Å². The van der Waals surface area contributed by atoms with Crippen LogP contribution in [0.1, 0.15) is 23.2 Å². The molecule has 3 aliphatic rings. The maximum absolute atomic E-state index is 14.0. The molecule has 0 amide bonds. The van der Waals surface area contributed by atoms with Crippen molar-refractivity contribution in [3.05, 3.63) is 40.3 Å². The Hall–Kier alpha value is -3.19. The van der Waals surface area contributed by atoms with E-state index in [2.05, 4.69) is 15.3 Å². The number of halogens is 3. The standard InChI is InChI=1S/C22H25F3N6O4/c23-22(24,25)17-3-5-29-20(34)8-19(30-10-15-7-14(30)12-35-15)28-21(29)31(17)11-16(33)13-1-2-18(27-9-13)26-4-6-32/h1-2,8-9,14-15,17,32H,3-7,10-12H2,(H,26,27)/t14-,15-,17-/m0/s1. The number of hydrogen-bond acceptors (Lipinski definition) is 9. The van der Waals surface area contributed by atoms with Gasteiger partial charge in [-0.25, -0.2) is 4.98 Å². The second kappa shape index (κ2) is 9.11. The maximum Gasteiger partial charge on any atom is 0.408 e. The highest BCUT2D eigenvalue weighted by molar-refractivity contribution is 5.99. The Morgan fingerprint density at radius 3 is 2.77 bits per heavy atom. The second-order valence-electron chi connectivity index (χ2n) is 8.88. The molecule has 13 heteroatoms. The van der Waals surface area contributed by atoms with Crippen molar-refractivity contribution >= 4 is 23.4 Å². The van der Waals surface area contributed by atoms with Crippen LogP contribution in [0.2, 0.25) is 0 Å². The summed E-state index contributed by atoms with van der Waals surface area (Å²) in [4.78, 5) is 37.2. The zero-order valence-electron chi connectivity index (χ0n) is 18.7. The molecule has 2 N–H and O–H groups in total. The van der Waals surface area contributed by atoms with Gasteiger partial charge in [0.05, 0.1) is 31.9 Å². The van der Waals surface area contributed by atoms with Gasteiger partial charge >= 0.3 is 6.18 Å². The number of fused-ring (bicyclic) bond motifs is 3. The van der Waals surface area contributed by atoms with E-state index in [9.17, 15) is 22.8 Å². The molecule has 0 spiro atoms. The highest BCUT2D eigenvalue weighted by Crippen LogP contribution is 2.36. The molecule has 2 saturated heterocycles. The van der Waals surface area contributed by atoms with Gasteiger partial charge in [0.15, 0.2) is 5.78 Å². The third-order valence-electron chi connectivity index (χ3n) is 6.62. The Kier molecular flexibility index (Phi) is 6.13. The van der Waals surface area contributed by atoms with Crippen molar-refractivity contribution in [3.63, 3.8) is 0 Å². The first-order valence-corrected chi connectivity index (χ1v) is 11.4. The van der Waals surface area contributed by atoms with Crippen molar-refractivity contribution in [2.45, 2.75) is 43.8 Å².